The average Bonchev–Trinajstić information content (AvgIpc) is 2.16. The first-order valence-corrected chi connectivity index (χ1v) is 4.84. The van der Waals surface area contributed by atoms with E-state index in [1.807, 2.05) is 6.07 Å². The quantitative estimate of drug-likeness (QED) is 0.697. The zero-order valence-electron chi connectivity index (χ0n) is 7.19. The molecule has 3 N–H and O–H groups in total. The Morgan fingerprint density at radius 1 is 1.64 bits per heavy atom. The van der Waals surface area contributed by atoms with E-state index in [9.17, 15) is 8.76 Å². The van der Waals surface area contributed by atoms with Gasteiger partial charge in [-0.15, -0.1) is 0 Å². The number of nitrogens with two attached hydrogens (primary N) is 1. The van der Waals surface area contributed by atoms with Crippen molar-refractivity contribution in [3.05, 3.63) is 29.3 Å². The van der Waals surface area contributed by atoms with E-state index >= 15 is 0 Å². The lowest BCUT2D eigenvalue weighted by Crippen LogP contribution is -2.07. The molecule has 0 fully saturated rings. The molecule has 14 heavy (non-hydrogen) atoms. The fraction of sp³-hybridized carbons (Fsp3) is 0.125. The van der Waals surface area contributed by atoms with Crippen LogP contribution in [0.1, 0.15) is 11.1 Å². The van der Waals surface area contributed by atoms with Crippen molar-refractivity contribution in [3.8, 4) is 6.07 Å². The molecule has 5 nitrogen and oxygen atoms in total. The maximum absolute atomic E-state index is 10.4. The number of rotatable bonds is 3. The SMILES string of the molecule is N#Cc1c(CN)cccc1NS(=O)[O-]. The highest BCUT2D eigenvalue weighted by Gasteiger charge is 2.05. The zero-order valence-corrected chi connectivity index (χ0v) is 8.00. The number of nitrogens with zero attached hydrogens (tertiary/aromatic N) is 1. The molecule has 1 atom stereocenters. The lowest BCUT2D eigenvalue weighted by molar-refractivity contribution is 0.542. The van der Waals surface area contributed by atoms with Crippen LogP contribution in [-0.2, 0) is 17.8 Å². The van der Waals surface area contributed by atoms with E-state index in [2.05, 4.69) is 4.72 Å². The predicted octanol–water partition coefficient (Wildman–Crippen LogP) is 0.223. The van der Waals surface area contributed by atoms with E-state index in [1.54, 1.807) is 12.1 Å². The highest BCUT2D eigenvalue weighted by Crippen LogP contribution is 2.18. The van der Waals surface area contributed by atoms with Gasteiger partial charge in [-0.2, -0.15) is 5.26 Å². The highest BCUT2D eigenvalue weighted by atomic mass is 32.2. The van der Waals surface area contributed by atoms with Crippen LogP contribution >= 0.6 is 0 Å². The van der Waals surface area contributed by atoms with Crippen LogP contribution < -0.4 is 10.5 Å². The van der Waals surface area contributed by atoms with Crippen molar-refractivity contribution in [1.82, 2.24) is 0 Å². The van der Waals surface area contributed by atoms with Crippen molar-refractivity contribution in [2.45, 2.75) is 6.54 Å². The van der Waals surface area contributed by atoms with Gasteiger partial charge in [0.25, 0.3) is 0 Å². The molecule has 74 valence electrons. The number of hydrogen-bond acceptors (Lipinski definition) is 4. The Morgan fingerprint density at radius 3 is 2.86 bits per heavy atom. The van der Waals surface area contributed by atoms with E-state index in [0.717, 1.165) is 0 Å². The van der Waals surface area contributed by atoms with Gasteiger partial charge < -0.3 is 15.0 Å². The Morgan fingerprint density at radius 2 is 2.36 bits per heavy atom. The van der Waals surface area contributed by atoms with Crippen LogP contribution in [0.4, 0.5) is 5.69 Å². The fourth-order valence-electron chi connectivity index (χ4n) is 1.08. The first-order chi connectivity index (χ1) is 6.69. The minimum absolute atomic E-state index is 0.198. The third kappa shape index (κ3) is 2.29. The van der Waals surface area contributed by atoms with Gasteiger partial charge in [-0.25, -0.2) is 0 Å². The largest absolute Gasteiger partial charge is 0.755 e. The summed E-state index contributed by atoms with van der Waals surface area (Å²) >= 11 is -2.43. The van der Waals surface area contributed by atoms with Crippen LogP contribution in [0.15, 0.2) is 18.2 Å². The number of anilines is 1. The topological polar surface area (TPSA) is 102 Å². The van der Waals surface area contributed by atoms with E-state index in [-0.39, 0.29) is 17.8 Å². The number of benzene rings is 1. The van der Waals surface area contributed by atoms with Crippen molar-refractivity contribution < 1.29 is 8.76 Å². The highest BCUT2D eigenvalue weighted by molar-refractivity contribution is 7.80. The lowest BCUT2D eigenvalue weighted by Gasteiger charge is -2.11. The summed E-state index contributed by atoms with van der Waals surface area (Å²) in [5.41, 5.74) is 6.52. The van der Waals surface area contributed by atoms with Crippen LogP contribution in [0.5, 0.6) is 0 Å². The molecule has 0 bridgehead atoms. The Hall–Kier alpha value is -1.42. The summed E-state index contributed by atoms with van der Waals surface area (Å²) < 4.78 is 22.9. The predicted molar refractivity (Wildman–Crippen MR) is 51.6 cm³/mol. The lowest BCUT2D eigenvalue weighted by atomic mass is 10.1. The second-order valence-electron chi connectivity index (χ2n) is 2.49. The normalized spacial score (nSPS) is 11.8. The summed E-state index contributed by atoms with van der Waals surface area (Å²) in [6.07, 6.45) is 0. The van der Waals surface area contributed by atoms with Crippen LogP contribution in [0, 0.1) is 11.3 Å². The molecule has 1 aromatic carbocycles. The van der Waals surface area contributed by atoms with E-state index in [4.69, 9.17) is 11.0 Å². The van der Waals surface area contributed by atoms with Gasteiger partial charge in [-0.1, -0.05) is 12.1 Å². The van der Waals surface area contributed by atoms with Crippen molar-refractivity contribution in [2.75, 3.05) is 4.72 Å². The molecule has 0 aliphatic rings. The molecule has 0 saturated carbocycles. The maximum atomic E-state index is 10.4. The molecule has 0 heterocycles. The Labute approximate surface area is 84.0 Å². The zero-order chi connectivity index (χ0) is 10.6. The standard InChI is InChI=1S/C8H9N3O2S/c9-4-6-2-1-3-8(7(6)5-10)11-14(12)13/h1-3,11H,4,9H2,(H,12,13)/p-1. The minimum Gasteiger partial charge on any atom is -0.755 e. The molecule has 0 saturated heterocycles. The van der Waals surface area contributed by atoms with Gasteiger partial charge in [0, 0.05) is 17.8 Å². The van der Waals surface area contributed by atoms with Crippen molar-refractivity contribution >= 4 is 17.0 Å². The molecule has 0 aliphatic heterocycles. The van der Waals surface area contributed by atoms with E-state index in [1.165, 1.54) is 6.07 Å². The van der Waals surface area contributed by atoms with Gasteiger partial charge >= 0.3 is 0 Å². The summed E-state index contributed by atoms with van der Waals surface area (Å²) in [5, 5.41) is 8.80. The summed E-state index contributed by atoms with van der Waals surface area (Å²) in [6.45, 7) is 0.198. The molecule has 0 aromatic heterocycles. The van der Waals surface area contributed by atoms with Crippen LogP contribution in [0.3, 0.4) is 0 Å². The number of nitriles is 1. The molecule has 0 amide bonds. The summed E-state index contributed by atoms with van der Waals surface area (Å²) in [5.74, 6) is 0. The molecule has 0 aliphatic carbocycles. The molecular weight excluding hydrogens is 202 g/mol. The fourth-order valence-corrected chi connectivity index (χ4v) is 1.43. The third-order valence-corrected chi connectivity index (χ3v) is 2.06. The second kappa shape index (κ2) is 4.72. The van der Waals surface area contributed by atoms with Crippen LogP contribution in [0.25, 0.3) is 0 Å². The monoisotopic (exact) mass is 210 g/mol. The second-order valence-corrected chi connectivity index (χ2v) is 3.17. The molecular formula is C8H8N3O2S-. The van der Waals surface area contributed by atoms with Crippen molar-refractivity contribution in [1.29, 1.82) is 5.26 Å². The molecule has 1 rings (SSSR count). The molecule has 0 spiro atoms. The Bertz CT molecular complexity index is 400. The Balaban J connectivity index is 3.17. The van der Waals surface area contributed by atoms with Crippen molar-refractivity contribution in [2.24, 2.45) is 5.73 Å². The van der Waals surface area contributed by atoms with Gasteiger partial charge in [0.1, 0.15) is 6.07 Å². The van der Waals surface area contributed by atoms with Gasteiger partial charge in [0.15, 0.2) is 0 Å². The van der Waals surface area contributed by atoms with E-state index < -0.39 is 11.3 Å². The van der Waals surface area contributed by atoms with Crippen LogP contribution in [-0.4, -0.2) is 8.76 Å². The Kier molecular flexibility index (Phi) is 3.59. The third-order valence-electron chi connectivity index (χ3n) is 1.68. The van der Waals surface area contributed by atoms with Gasteiger partial charge in [-0.3, -0.25) is 4.21 Å². The summed E-state index contributed by atoms with van der Waals surface area (Å²) in [4.78, 5) is 0. The van der Waals surface area contributed by atoms with Gasteiger partial charge in [0.2, 0.25) is 0 Å². The number of nitrogens with one attached hydrogen (secondary N) is 1. The van der Waals surface area contributed by atoms with Gasteiger partial charge in [-0.05, 0) is 11.6 Å². The first kappa shape index (κ1) is 10.7. The average molecular weight is 210 g/mol. The summed E-state index contributed by atoms with van der Waals surface area (Å²) in [6, 6.07) is 6.73. The maximum Gasteiger partial charge on any atom is 0.102 e. The smallest absolute Gasteiger partial charge is 0.102 e. The first-order valence-electron chi connectivity index (χ1n) is 3.77. The molecule has 1 aromatic rings. The minimum atomic E-state index is -2.43. The number of hydrogen-bond donors (Lipinski definition) is 2. The molecule has 0 radical (unpaired) electrons. The van der Waals surface area contributed by atoms with Gasteiger partial charge in [0.05, 0.1) is 11.3 Å². The van der Waals surface area contributed by atoms with Crippen LogP contribution in [0.2, 0.25) is 0 Å². The van der Waals surface area contributed by atoms with Crippen molar-refractivity contribution in [3.63, 3.8) is 0 Å². The van der Waals surface area contributed by atoms with E-state index in [0.29, 0.717) is 5.56 Å². The molecule has 1 unspecified atom stereocenters. The summed E-state index contributed by atoms with van der Waals surface area (Å²) in [7, 11) is 0. The molecule has 6 heteroatoms.